The molecule has 0 spiro atoms. The lowest BCUT2D eigenvalue weighted by molar-refractivity contribution is 0.626. The molecule has 3 nitrogen and oxygen atoms in total. The average molecular weight is 312 g/mol. The normalized spacial score (nSPS) is 14.8. The second-order valence-electron chi connectivity index (χ2n) is 6.91. The molecule has 0 atom stereocenters. The van der Waals surface area contributed by atoms with Gasteiger partial charge in [0.1, 0.15) is 0 Å². The van der Waals surface area contributed by atoms with Crippen molar-refractivity contribution in [2.75, 3.05) is 0 Å². The molecule has 5 rings (SSSR count). The van der Waals surface area contributed by atoms with Crippen LogP contribution in [0.15, 0.2) is 65.7 Å². The third-order valence-electron chi connectivity index (χ3n) is 5.27. The van der Waals surface area contributed by atoms with E-state index in [2.05, 4.69) is 47.7 Å². The molecule has 24 heavy (non-hydrogen) atoms. The molecular formula is C21H16N2O. The number of hydrogen-bond donors (Lipinski definition) is 0. The van der Waals surface area contributed by atoms with Gasteiger partial charge in [-0.3, -0.25) is 9.78 Å². The van der Waals surface area contributed by atoms with Gasteiger partial charge in [-0.15, -0.1) is 0 Å². The monoisotopic (exact) mass is 312 g/mol. The smallest absolute Gasteiger partial charge is 0.198 e. The van der Waals surface area contributed by atoms with Crippen LogP contribution in [0.4, 0.5) is 0 Å². The van der Waals surface area contributed by atoms with Crippen LogP contribution < -0.4 is 5.43 Å². The Morgan fingerprint density at radius 3 is 2.50 bits per heavy atom. The highest BCUT2D eigenvalue weighted by molar-refractivity contribution is 5.98. The predicted molar refractivity (Wildman–Crippen MR) is 97.0 cm³/mol. The summed E-state index contributed by atoms with van der Waals surface area (Å²) in [5, 5.41) is 1.42. The quantitative estimate of drug-likeness (QED) is 0.457. The third kappa shape index (κ3) is 1.47. The SMILES string of the molecule is CC1(C)c2ccccc2-n2c3ccccc3c(=O)c3cncc1c32. The molecule has 3 heteroatoms. The van der Waals surface area contributed by atoms with Crippen LogP contribution in [0.1, 0.15) is 25.0 Å². The highest BCUT2D eigenvalue weighted by Crippen LogP contribution is 2.43. The summed E-state index contributed by atoms with van der Waals surface area (Å²) in [6.45, 7) is 4.40. The van der Waals surface area contributed by atoms with Crippen molar-refractivity contribution in [3.8, 4) is 5.69 Å². The molecule has 2 aromatic heterocycles. The van der Waals surface area contributed by atoms with E-state index in [4.69, 9.17) is 0 Å². The van der Waals surface area contributed by atoms with Gasteiger partial charge in [-0.2, -0.15) is 0 Å². The first-order valence-corrected chi connectivity index (χ1v) is 8.12. The maximum Gasteiger partial charge on any atom is 0.198 e. The lowest BCUT2D eigenvalue weighted by Crippen LogP contribution is -2.29. The van der Waals surface area contributed by atoms with Gasteiger partial charge in [0.15, 0.2) is 5.43 Å². The molecule has 0 bridgehead atoms. The summed E-state index contributed by atoms with van der Waals surface area (Å²) in [6.07, 6.45) is 3.61. The fraction of sp³-hybridized carbons (Fsp3) is 0.143. The van der Waals surface area contributed by atoms with Crippen LogP contribution in [-0.2, 0) is 5.41 Å². The van der Waals surface area contributed by atoms with E-state index in [1.807, 2.05) is 30.5 Å². The summed E-state index contributed by atoms with van der Waals surface area (Å²) in [5.74, 6) is 0. The molecule has 0 unspecified atom stereocenters. The summed E-state index contributed by atoms with van der Waals surface area (Å²) >= 11 is 0. The maximum absolute atomic E-state index is 13.0. The molecule has 3 heterocycles. The molecule has 0 radical (unpaired) electrons. The van der Waals surface area contributed by atoms with Gasteiger partial charge in [0.25, 0.3) is 0 Å². The Morgan fingerprint density at radius 2 is 1.62 bits per heavy atom. The average Bonchev–Trinajstić information content (AvgIpc) is 2.61. The zero-order valence-electron chi connectivity index (χ0n) is 13.6. The first-order chi connectivity index (χ1) is 11.6. The number of para-hydroxylation sites is 2. The lowest BCUT2D eigenvalue weighted by Gasteiger charge is -2.36. The first kappa shape index (κ1) is 13.5. The van der Waals surface area contributed by atoms with Crippen molar-refractivity contribution >= 4 is 21.8 Å². The van der Waals surface area contributed by atoms with E-state index in [1.54, 1.807) is 6.20 Å². The second kappa shape index (κ2) is 4.32. The van der Waals surface area contributed by atoms with Crippen molar-refractivity contribution in [3.63, 3.8) is 0 Å². The first-order valence-electron chi connectivity index (χ1n) is 8.12. The van der Waals surface area contributed by atoms with Crippen LogP contribution in [-0.4, -0.2) is 9.55 Å². The van der Waals surface area contributed by atoms with Crippen LogP contribution in [0.2, 0.25) is 0 Å². The fourth-order valence-corrected chi connectivity index (χ4v) is 4.04. The van der Waals surface area contributed by atoms with Crippen molar-refractivity contribution in [1.82, 2.24) is 9.55 Å². The number of fused-ring (bicyclic) bond motifs is 4. The van der Waals surface area contributed by atoms with E-state index in [1.165, 1.54) is 5.56 Å². The highest BCUT2D eigenvalue weighted by atomic mass is 16.1. The van der Waals surface area contributed by atoms with Gasteiger partial charge < -0.3 is 4.57 Å². The van der Waals surface area contributed by atoms with E-state index in [0.29, 0.717) is 5.39 Å². The summed E-state index contributed by atoms with van der Waals surface area (Å²) in [6, 6.07) is 16.3. The Balaban J connectivity index is 2.19. The lowest BCUT2D eigenvalue weighted by atomic mass is 9.75. The number of pyridine rings is 2. The zero-order chi connectivity index (χ0) is 16.5. The molecule has 0 fully saturated rings. The van der Waals surface area contributed by atoms with Crippen LogP contribution in [0, 0.1) is 0 Å². The number of rotatable bonds is 0. The number of nitrogens with zero attached hydrogens (tertiary/aromatic N) is 2. The van der Waals surface area contributed by atoms with Gasteiger partial charge in [-0.25, -0.2) is 0 Å². The standard InChI is InChI=1S/C21H16N2O/c1-21(2)15-8-4-6-10-18(15)23-17-9-5-3-7-13(17)20(24)14-11-22-12-16(21)19(14)23/h3-12H,1-2H3. The molecule has 0 amide bonds. The van der Waals surface area contributed by atoms with Gasteiger partial charge in [-0.05, 0) is 23.8 Å². The van der Waals surface area contributed by atoms with Crippen LogP contribution in [0.3, 0.4) is 0 Å². The van der Waals surface area contributed by atoms with Gasteiger partial charge in [-0.1, -0.05) is 44.2 Å². The van der Waals surface area contributed by atoms with E-state index in [0.717, 1.165) is 27.7 Å². The Labute approximate surface area is 139 Å². The van der Waals surface area contributed by atoms with Gasteiger partial charge in [0.2, 0.25) is 0 Å². The topological polar surface area (TPSA) is 34.9 Å². The van der Waals surface area contributed by atoms with E-state index in [9.17, 15) is 4.79 Å². The molecule has 2 aromatic carbocycles. The van der Waals surface area contributed by atoms with Gasteiger partial charge in [0.05, 0.1) is 22.1 Å². The second-order valence-corrected chi connectivity index (χ2v) is 6.91. The van der Waals surface area contributed by atoms with Crippen molar-refractivity contribution < 1.29 is 0 Å². The van der Waals surface area contributed by atoms with Crippen molar-refractivity contribution in [3.05, 3.63) is 82.3 Å². The molecule has 0 N–H and O–H groups in total. The maximum atomic E-state index is 13.0. The number of aromatic nitrogens is 2. The molecule has 1 aliphatic heterocycles. The van der Waals surface area contributed by atoms with E-state index >= 15 is 0 Å². The summed E-state index contributed by atoms with van der Waals surface area (Å²) in [4.78, 5) is 17.4. The minimum absolute atomic E-state index is 0.0568. The third-order valence-corrected chi connectivity index (χ3v) is 5.27. The van der Waals surface area contributed by atoms with E-state index in [-0.39, 0.29) is 10.8 Å². The highest BCUT2D eigenvalue weighted by Gasteiger charge is 2.34. The van der Waals surface area contributed by atoms with Crippen molar-refractivity contribution in [1.29, 1.82) is 0 Å². The minimum Gasteiger partial charge on any atom is -0.308 e. The van der Waals surface area contributed by atoms with Gasteiger partial charge >= 0.3 is 0 Å². The van der Waals surface area contributed by atoms with Crippen LogP contribution in [0.5, 0.6) is 0 Å². The van der Waals surface area contributed by atoms with E-state index < -0.39 is 0 Å². The summed E-state index contributed by atoms with van der Waals surface area (Å²) in [7, 11) is 0. The molecule has 4 aromatic rings. The predicted octanol–water partition coefficient (Wildman–Crippen LogP) is 4.18. The van der Waals surface area contributed by atoms with Crippen LogP contribution >= 0.6 is 0 Å². The molecule has 1 aliphatic rings. The Kier molecular flexibility index (Phi) is 2.43. The molecular weight excluding hydrogens is 296 g/mol. The van der Waals surface area contributed by atoms with Crippen molar-refractivity contribution in [2.24, 2.45) is 0 Å². The molecule has 0 saturated carbocycles. The Morgan fingerprint density at radius 1 is 0.875 bits per heavy atom. The number of benzene rings is 2. The minimum atomic E-state index is -0.196. The zero-order valence-corrected chi connectivity index (χ0v) is 13.6. The Hall–Kier alpha value is -2.94. The summed E-state index contributed by atoms with van der Waals surface area (Å²) in [5.41, 5.74) is 5.28. The van der Waals surface area contributed by atoms with Crippen molar-refractivity contribution in [2.45, 2.75) is 19.3 Å². The largest absolute Gasteiger partial charge is 0.308 e. The molecule has 116 valence electrons. The summed E-state index contributed by atoms with van der Waals surface area (Å²) < 4.78 is 2.23. The van der Waals surface area contributed by atoms with Gasteiger partial charge in [0, 0.05) is 28.8 Å². The Bertz CT molecular complexity index is 1200. The molecule has 0 aliphatic carbocycles. The molecule has 0 saturated heterocycles. The van der Waals surface area contributed by atoms with Crippen LogP contribution in [0.25, 0.3) is 27.5 Å². The number of hydrogen-bond acceptors (Lipinski definition) is 2. The fourth-order valence-electron chi connectivity index (χ4n) is 4.04.